The van der Waals surface area contributed by atoms with Crippen molar-refractivity contribution in [3.8, 4) is 0 Å². The molecule has 2 unspecified atom stereocenters. The van der Waals surface area contributed by atoms with Crippen LogP contribution in [0.2, 0.25) is 0 Å². The van der Waals surface area contributed by atoms with E-state index in [-0.39, 0.29) is 0 Å². The van der Waals surface area contributed by atoms with Crippen molar-refractivity contribution in [1.82, 2.24) is 0 Å². The maximum atomic E-state index is 11.6. The van der Waals surface area contributed by atoms with E-state index in [4.69, 9.17) is 4.52 Å². The van der Waals surface area contributed by atoms with E-state index in [1.807, 2.05) is 0 Å². The summed E-state index contributed by atoms with van der Waals surface area (Å²) in [4.78, 5) is 22.6. The molecule has 102 valence electrons. The molecule has 0 aromatic rings. The molecule has 0 aromatic carbocycles. The summed E-state index contributed by atoms with van der Waals surface area (Å²) in [5, 5.41) is 0. The van der Waals surface area contributed by atoms with Crippen molar-refractivity contribution in [3.63, 3.8) is 0 Å². The molecule has 0 rings (SSSR count). The molecule has 0 aliphatic rings. The Hall–Kier alpha value is -1.43. The lowest BCUT2D eigenvalue weighted by Crippen LogP contribution is -2.27. The van der Waals surface area contributed by atoms with Gasteiger partial charge in [-0.1, -0.05) is 13.2 Å². The lowest BCUT2D eigenvalue weighted by molar-refractivity contribution is -0.152. The minimum atomic E-state index is -3.45. The lowest BCUT2D eigenvalue weighted by atomic mass is 10.2. The van der Waals surface area contributed by atoms with E-state index < -0.39 is 32.1 Å². The Kier molecular flexibility index (Phi) is 7.19. The van der Waals surface area contributed by atoms with E-state index in [2.05, 4.69) is 27.2 Å². The monoisotopic (exact) mass is 278 g/mol. The van der Waals surface area contributed by atoms with Crippen molar-refractivity contribution in [3.05, 3.63) is 25.7 Å². The highest BCUT2D eigenvalue weighted by Crippen LogP contribution is 2.44. The maximum Gasteiger partial charge on any atom is 0.341 e. The Bertz CT molecular complexity index is 376. The third-order valence-corrected chi connectivity index (χ3v) is 2.98. The molecule has 7 nitrogen and oxygen atoms in total. The summed E-state index contributed by atoms with van der Waals surface area (Å²) in [5.41, 5.74) is 0. The predicted molar refractivity (Wildman–Crippen MR) is 62.6 cm³/mol. The first-order valence-electron chi connectivity index (χ1n) is 4.79. The Morgan fingerprint density at radius 2 is 1.83 bits per heavy atom. The van der Waals surface area contributed by atoms with Crippen LogP contribution in [0.1, 0.15) is 6.42 Å². The van der Waals surface area contributed by atoms with Gasteiger partial charge >= 0.3 is 19.5 Å². The zero-order valence-corrected chi connectivity index (χ0v) is 11.1. The molecular formula is C10H15O7P. The van der Waals surface area contributed by atoms with E-state index in [1.165, 1.54) is 0 Å². The number of esters is 2. The number of rotatable bonds is 8. The smallest absolute Gasteiger partial charge is 0.341 e. The third-order valence-electron chi connectivity index (χ3n) is 1.68. The predicted octanol–water partition coefficient (Wildman–Crippen LogP) is 1.60. The van der Waals surface area contributed by atoms with Crippen LogP contribution in [-0.2, 0) is 32.7 Å². The topological polar surface area (TPSA) is 88.1 Å². The van der Waals surface area contributed by atoms with Gasteiger partial charge in [0.15, 0.2) is 6.10 Å². The Labute approximate surface area is 105 Å². The summed E-state index contributed by atoms with van der Waals surface area (Å²) in [7, 11) is -2.30. The molecule has 0 amide bonds. The molecule has 18 heavy (non-hydrogen) atoms. The maximum absolute atomic E-state index is 11.6. The van der Waals surface area contributed by atoms with Crippen LogP contribution in [0, 0.1) is 0 Å². The number of ether oxygens (including phenoxy) is 2. The molecule has 0 spiro atoms. The first-order chi connectivity index (χ1) is 8.36. The molecule has 0 aliphatic heterocycles. The van der Waals surface area contributed by atoms with E-state index >= 15 is 0 Å². The molecule has 0 radical (unpaired) electrons. The van der Waals surface area contributed by atoms with Crippen LogP contribution >= 0.6 is 7.60 Å². The second-order valence-electron chi connectivity index (χ2n) is 3.01. The van der Waals surface area contributed by atoms with Crippen LogP contribution < -0.4 is 0 Å². The highest BCUT2D eigenvalue weighted by molar-refractivity contribution is 7.53. The first-order valence-corrected chi connectivity index (χ1v) is 6.78. The molecule has 0 fully saturated rings. The molecule has 2 atom stereocenters. The van der Waals surface area contributed by atoms with Crippen LogP contribution in [-0.4, -0.2) is 31.8 Å². The molecule has 0 aromatic heterocycles. The van der Waals surface area contributed by atoms with E-state index in [0.717, 1.165) is 26.3 Å². The average Bonchev–Trinajstić information content (AvgIpc) is 2.28. The van der Waals surface area contributed by atoms with Crippen LogP contribution in [0.25, 0.3) is 0 Å². The summed E-state index contributed by atoms with van der Waals surface area (Å²) >= 11 is 0. The minimum absolute atomic E-state index is 0.486. The third kappa shape index (κ3) is 6.34. The van der Waals surface area contributed by atoms with Gasteiger partial charge in [0.25, 0.3) is 0 Å². The largest absolute Gasteiger partial charge is 0.435 e. The number of hydrogen-bond acceptors (Lipinski definition) is 7. The van der Waals surface area contributed by atoms with E-state index in [9.17, 15) is 14.2 Å². The highest BCUT2D eigenvalue weighted by Gasteiger charge is 2.31. The quantitative estimate of drug-likeness (QED) is 0.378. The van der Waals surface area contributed by atoms with Gasteiger partial charge in [0.1, 0.15) is 0 Å². The van der Waals surface area contributed by atoms with E-state index in [0.29, 0.717) is 0 Å². The van der Waals surface area contributed by atoms with Crippen LogP contribution in [0.3, 0.4) is 0 Å². The Balaban J connectivity index is 4.77. The van der Waals surface area contributed by atoms with Gasteiger partial charge < -0.3 is 14.0 Å². The lowest BCUT2D eigenvalue weighted by Gasteiger charge is -2.18. The molecule has 0 aliphatic carbocycles. The second kappa shape index (κ2) is 7.81. The average molecular weight is 278 g/mol. The number of carbonyl (C=O) groups is 2. The molecule has 0 heterocycles. The van der Waals surface area contributed by atoms with Gasteiger partial charge in [0, 0.05) is 13.8 Å². The summed E-state index contributed by atoms with van der Waals surface area (Å²) in [6, 6.07) is 0. The van der Waals surface area contributed by atoms with Crippen LogP contribution in [0.15, 0.2) is 25.7 Å². The fraction of sp³-hybridized carbons (Fsp3) is 0.400. The molecule has 0 saturated carbocycles. The Morgan fingerprint density at radius 1 is 1.28 bits per heavy atom. The minimum Gasteiger partial charge on any atom is -0.435 e. The normalized spacial score (nSPS) is 15.0. The first kappa shape index (κ1) is 16.6. The second-order valence-corrected chi connectivity index (χ2v) is 5.13. The van der Waals surface area contributed by atoms with Crippen LogP contribution in [0.5, 0.6) is 0 Å². The van der Waals surface area contributed by atoms with Gasteiger partial charge in [0.05, 0.1) is 18.9 Å². The molecule has 0 bridgehead atoms. The fourth-order valence-electron chi connectivity index (χ4n) is 0.888. The van der Waals surface area contributed by atoms with Gasteiger partial charge in [-0.25, -0.2) is 4.79 Å². The van der Waals surface area contributed by atoms with E-state index in [1.54, 1.807) is 0 Å². The van der Waals surface area contributed by atoms with Gasteiger partial charge in [0.2, 0.25) is 0 Å². The summed E-state index contributed by atoms with van der Waals surface area (Å²) in [6.45, 7) is 7.52. The van der Waals surface area contributed by atoms with Crippen LogP contribution in [0.4, 0.5) is 0 Å². The van der Waals surface area contributed by atoms with Gasteiger partial charge in [-0.2, -0.15) is 0 Å². The molecule has 8 heteroatoms. The Morgan fingerprint density at radius 3 is 2.28 bits per heavy atom. The molecule has 0 saturated heterocycles. The molecular weight excluding hydrogens is 263 g/mol. The van der Waals surface area contributed by atoms with Crippen molar-refractivity contribution < 1.29 is 32.7 Å². The van der Waals surface area contributed by atoms with Crippen molar-refractivity contribution in [1.29, 1.82) is 0 Å². The van der Waals surface area contributed by atoms with Gasteiger partial charge in [-0.05, 0) is 0 Å². The summed E-state index contributed by atoms with van der Waals surface area (Å²) in [6.07, 6.45) is -0.128. The molecule has 0 N–H and O–H groups in total. The SMILES string of the molecule is C=COC(=O)CC(OP(C)(=O)OC)C(=O)OC=C. The highest BCUT2D eigenvalue weighted by atomic mass is 31.2. The van der Waals surface area contributed by atoms with Gasteiger partial charge in [-0.15, -0.1) is 0 Å². The van der Waals surface area contributed by atoms with Crippen molar-refractivity contribution in [2.45, 2.75) is 12.5 Å². The van der Waals surface area contributed by atoms with Crippen molar-refractivity contribution >= 4 is 19.5 Å². The summed E-state index contributed by atoms with van der Waals surface area (Å²) < 4.78 is 29.9. The standard InChI is InChI=1S/C10H15O7P/c1-5-15-9(11)7-8(10(12)16-6-2)17-18(4,13)14-3/h5-6,8H,1-2,7H2,3-4H3. The number of carbonyl (C=O) groups excluding carboxylic acids is 2. The van der Waals surface area contributed by atoms with Crippen molar-refractivity contribution in [2.24, 2.45) is 0 Å². The fourth-order valence-corrected chi connectivity index (χ4v) is 1.60. The zero-order chi connectivity index (χ0) is 14.2. The number of hydrogen-bond donors (Lipinski definition) is 0. The summed E-state index contributed by atoms with van der Waals surface area (Å²) in [5.74, 6) is -1.71. The van der Waals surface area contributed by atoms with Crippen molar-refractivity contribution in [2.75, 3.05) is 13.8 Å². The van der Waals surface area contributed by atoms with Gasteiger partial charge in [-0.3, -0.25) is 13.9 Å². The zero-order valence-electron chi connectivity index (χ0n) is 10.2.